The van der Waals surface area contributed by atoms with Crippen LogP contribution in [0, 0.1) is 0 Å². The zero-order valence-corrected chi connectivity index (χ0v) is 4.03. The van der Waals surface area contributed by atoms with Crippen LogP contribution in [-0.4, -0.2) is 22.5 Å². The van der Waals surface area contributed by atoms with Crippen molar-refractivity contribution >= 4 is 5.97 Å². The molecule has 0 spiro atoms. The Balaban J connectivity index is 0. The molecule has 0 saturated carbocycles. The molecule has 4 nitrogen and oxygen atoms in total. The van der Waals surface area contributed by atoms with Crippen molar-refractivity contribution in [3.05, 3.63) is 0 Å². The van der Waals surface area contributed by atoms with Gasteiger partial charge in [-0.3, -0.25) is 0 Å². The Morgan fingerprint density at radius 2 is 1.71 bits per heavy atom. The Kier molecular flexibility index (Phi) is 5.83. The first kappa shape index (κ1) is 10.0. The predicted molar refractivity (Wildman–Crippen MR) is 13.2 cm³/mol. The van der Waals surface area contributed by atoms with Crippen LogP contribution in [0.25, 0.3) is 0 Å². The average Bonchev–Trinajstić information content (AvgIpc) is 1.36. The molecule has 46 valence electrons. The fourth-order valence-corrected chi connectivity index (χ4v) is 0. The van der Waals surface area contributed by atoms with Gasteiger partial charge in [0.15, 0.2) is 6.29 Å². The first-order valence-electron chi connectivity index (χ1n) is 1.21. The monoisotopic (exact) mass is 154 g/mol. The molecule has 0 rings (SSSR count). The molecule has 0 saturated heterocycles. The van der Waals surface area contributed by atoms with Gasteiger partial charge >= 0.3 is 17.1 Å². The van der Waals surface area contributed by atoms with E-state index in [0.717, 1.165) is 0 Å². The minimum Gasteiger partial charge on any atom is -0.545 e. The van der Waals surface area contributed by atoms with Crippen molar-refractivity contribution in [3.63, 3.8) is 0 Å². The number of hydrogen-bond donors (Lipinski definition) is 2. The Bertz CT molecular complexity index is 60.7. The molecule has 0 aromatic rings. The van der Waals surface area contributed by atoms with E-state index in [1.807, 2.05) is 0 Å². The predicted octanol–water partition coefficient (Wildman–Crippen LogP) is -2.96. The molecular weight excluding hydrogens is 152 g/mol. The van der Waals surface area contributed by atoms with Crippen LogP contribution in [0.2, 0.25) is 0 Å². The Hall–Kier alpha value is -0.0905. The van der Waals surface area contributed by atoms with Crippen LogP contribution in [0.4, 0.5) is 0 Å². The van der Waals surface area contributed by atoms with E-state index < -0.39 is 12.3 Å². The van der Waals surface area contributed by atoms with Gasteiger partial charge in [0.1, 0.15) is 0 Å². The van der Waals surface area contributed by atoms with E-state index in [-0.39, 0.29) is 17.1 Å². The second-order valence-electron chi connectivity index (χ2n) is 0.693. The van der Waals surface area contributed by atoms with Gasteiger partial charge in [0.2, 0.25) is 0 Å². The summed E-state index contributed by atoms with van der Waals surface area (Å²) in [5.41, 5.74) is 0. The summed E-state index contributed by atoms with van der Waals surface area (Å²) in [6.07, 6.45) is -2.34. The number of carbonyl (C=O) groups is 1. The molecule has 0 fully saturated rings. The SMILES string of the molecule is O=C([O-])C(O)O.[Cu+]. The number of carboxylic acid groups (broad SMARTS) is 1. The van der Waals surface area contributed by atoms with Crippen LogP contribution in [0.15, 0.2) is 0 Å². The number of hydrogen-bond acceptors (Lipinski definition) is 4. The summed E-state index contributed by atoms with van der Waals surface area (Å²) in [6, 6.07) is 0. The Morgan fingerprint density at radius 3 is 1.71 bits per heavy atom. The van der Waals surface area contributed by atoms with Crippen molar-refractivity contribution in [1.82, 2.24) is 0 Å². The standard InChI is InChI=1S/C2H4O4.Cu/c3-1(4)2(5)6;/h1,3-4H,(H,5,6);/q;+1/p-1. The number of carbonyl (C=O) groups excluding carboxylic acids is 1. The molecule has 0 heterocycles. The fraction of sp³-hybridized carbons (Fsp3) is 0.500. The zero-order valence-electron chi connectivity index (χ0n) is 3.09. The molecule has 5 heteroatoms. The summed E-state index contributed by atoms with van der Waals surface area (Å²) in [7, 11) is 0. The molecule has 0 aliphatic rings. The van der Waals surface area contributed by atoms with Crippen LogP contribution in [-0.2, 0) is 21.9 Å². The van der Waals surface area contributed by atoms with Gasteiger partial charge in [-0.05, 0) is 0 Å². The molecule has 0 aromatic heterocycles. The summed E-state index contributed by atoms with van der Waals surface area (Å²) >= 11 is 0. The summed E-state index contributed by atoms with van der Waals surface area (Å²) < 4.78 is 0. The van der Waals surface area contributed by atoms with Gasteiger partial charge in [-0.1, -0.05) is 0 Å². The van der Waals surface area contributed by atoms with Crippen molar-refractivity contribution in [1.29, 1.82) is 0 Å². The topological polar surface area (TPSA) is 80.6 Å². The van der Waals surface area contributed by atoms with E-state index in [2.05, 4.69) is 0 Å². The second kappa shape index (κ2) is 4.08. The number of rotatable bonds is 1. The summed E-state index contributed by atoms with van der Waals surface area (Å²) in [5.74, 6) is -1.88. The van der Waals surface area contributed by atoms with Gasteiger partial charge in [-0.2, -0.15) is 0 Å². The van der Waals surface area contributed by atoms with Crippen molar-refractivity contribution in [3.8, 4) is 0 Å². The van der Waals surface area contributed by atoms with E-state index >= 15 is 0 Å². The van der Waals surface area contributed by atoms with Gasteiger partial charge in [0, 0.05) is 0 Å². The third-order valence-corrected chi connectivity index (χ3v) is 0.211. The van der Waals surface area contributed by atoms with E-state index in [1.165, 1.54) is 0 Å². The molecule has 0 amide bonds. The third-order valence-electron chi connectivity index (χ3n) is 0.211. The van der Waals surface area contributed by atoms with Gasteiger partial charge < -0.3 is 20.1 Å². The minimum atomic E-state index is -2.34. The Labute approximate surface area is 50.2 Å². The normalized spacial score (nSPS) is 7.86. The van der Waals surface area contributed by atoms with Crippen molar-refractivity contribution < 1.29 is 37.2 Å². The van der Waals surface area contributed by atoms with Crippen LogP contribution < -0.4 is 5.11 Å². The average molecular weight is 155 g/mol. The van der Waals surface area contributed by atoms with Gasteiger partial charge in [-0.25, -0.2) is 0 Å². The molecule has 7 heavy (non-hydrogen) atoms. The van der Waals surface area contributed by atoms with E-state index in [1.54, 1.807) is 0 Å². The molecule has 0 aliphatic heterocycles. The number of aliphatic hydroxyl groups excluding tert-OH is 1. The second-order valence-corrected chi connectivity index (χ2v) is 0.693. The molecule has 0 bridgehead atoms. The van der Waals surface area contributed by atoms with Crippen LogP contribution in [0.3, 0.4) is 0 Å². The number of aliphatic carboxylic acids is 1. The molecule has 0 radical (unpaired) electrons. The molecule has 2 N–H and O–H groups in total. The van der Waals surface area contributed by atoms with E-state index in [0.29, 0.717) is 0 Å². The summed E-state index contributed by atoms with van der Waals surface area (Å²) in [5, 5.41) is 24.1. The number of aliphatic hydroxyl groups is 2. The molecule has 0 atom stereocenters. The van der Waals surface area contributed by atoms with E-state index in [4.69, 9.17) is 20.1 Å². The summed E-state index contributed by atoms with van der Waals surface area (Å²) in [4.78, 5) is 9.09. The fourth-order valence-electron chi connectivity index (χ4n) is 0. The zero-order chi connectivity index (χ0) is 5.15. The smallest absolute Gasteiger partial charge is 0.545 e. The molecule has 0 unspecified atom stereocenters. The van der Waals surface area contributed by atoms with Gasteiger partial charge in [0.25, 0.3) is 0 Å². The van der Waals surface area contributed by atoms with Crippen molar-refractivity contribution in [2.75, 3.05) is 0 Å². The van der Waals surface area contributed by atoms with Gasteiger partial charge in [0.05, 0.1) is 5.97 Å². The quantitative estimate of drug-likeness (QED) is 0.313. The largest absolute Gasteiger partial charge is 1.00 e. The van der Waals surface area contributed by atoms with Crippen molar-refractivity contribution in [2.24, 2.45) is 0 Å². The van der Waals surface area contributed by atoms with Crippen LogP contribution in [0.1, 0.15) is 0 Å². The first-order chi connectivity index (χ1) is 2.64. The molecular formula is C2H3CuO4. The maximum Gasteiger partial charge on any atom is 1.00 e. The third kappa shape index (κ3) is 5.91. The number of carboxylic acids is 1. The van der Waals surface area contributed by atoms with Crippen LogP contribution >= 0.6 is 0 Å². The maximum absolute atomic E-state index is 9.09. The first-order valence-corrected chi connectivity index (χ1v) is 1.21. The Morgan fingerprint density at radius 1 is 1.57 bits per heavy atom. The van der Waals surface area contributed by atoms with E-state index in [9.17, 15) is 0 Å². The van der Waals surface area contributed by atoms with Crippen LogP contribution in [0.5, 0.6) is 0 Å². The minimum absolute atomic E-state index is 0. The molecule has 0 aromatic carbocycles. The van der Waals surface area contributed by atoms with Crippen molar-refractivity contribution in [2.45, 2.75) is 6.29 Å². The van der Waals surface area contributed by atoms with Gasteiger partial charge in [-0.15, -0.1) is 0 Å². The maximum atomic E-state index is 9.09. The molecule has 0 aliphatic carbocycles. The summed E-state index contributed by atoms with van der Waals surface area (Å²) in [6.45, 7) is 0.